The van der Waals surface area contributed by atoms with Crippen molar-refractivity contribution >= 4 is 16.0 Å². The number of carboxylic acids is 1. The van der Waals surface area contributed by atoms with E-state index in [2.05, 4.69) is 16.9 Å². The van der Waals surface area contributed by atoms with Crippen molar-refractivity contribution < 1.29 is 28.0 Å². The third-order valence-corrected chi connectivity index (χ3v) is 6.54. The van der Waals surface area contributed by atoms with Gasteiger partial charge in [-0.05, 0) is 23.8 Å². The fraction of sp³-hybridized carbons (Fsp3) is 0.350. The van der Waals surface area contributed by atoms with Crippen LogP contribution in [0.15, 0.2) is 53.4 Å². The Morgan fingerprint density at radius 2 is 1.86 bits per heavy atom. The molecule has 0 spiro atoms. The smallest absolute Gasteiger partial charge is 0.244 e. The van der Waals surface area contributed by atoms with Crippen LogP contribution in [-0.4, -0.2) is 40.6 Å². The minimum absolute atomic E-state index is 0.102. The van der Waals surface area contributed by atoms with E-state index in [1.54, 1.807) is 0 Å². The average Bonchev–Trinajstić information content (AvgIpc) is 2.69. The highest BCUT2D eigenvalue weighted by Crippen LogP contribution is 2.25. The first-order chi connectivity index (χ1) is 13.4. The Morgan fingerprint density at radius 1 is 1.18 bits per heavy atom. The molecule has 1 aliphatic rings. The van der Waals surface area contributed by atoms with Gasteiger partial charge in [-0.25, -0.2) is 13.1 Å². The van der Waals surface area contributed by atoms with E-state index < -0.39 is 16.0 Å². The molecule has 2 N–H and O–H groups in total. The SMILES string of the molecule is COc1ccc(C(=O)[O-])cc1S(=O)(=O)NC1CC[NH+](Cc2ccccc2)CC1. The number of aromatic carboxylic acids is 1. The normalized spacial score (nSPS) is 19.9. The van der Waals surface area contributed by atoms with Crippen molar-refractivity contribution in [2.75, 3.05) is 20.2 Å². The lowest BCUT2D eigenvalue weighted by Crippen LogP contribution is -3.12. The van der Waals surface area contributed by atoms with Gasteiger partial charge in [0.1, 0.15) is 17.2 Å². The van der Waals surface area contributed by atoms with Crippen LogP contribution in [0.5, 0.6) is 5.75 Å². The second kappa shape index (κ2) is 8.72. The van der Waals surface area contributed by atoms with Crippen molar-refractivity contribution in [1.82, 2.24) is 4.72 Å². The predicted molar refractivity (Wildman–Crippen MR) is 102 cm³/mol. The number of hydrogen-bond donors (Lipinski definition) is 2. The molecule has 150 valence electrons. The molecular weight excluding hydrogens is 380 g/mol. The van der Waals surface area contributed by atoms with E-state index in [0.29, 0.717) is 12.8 Å². The molecule has 0 saturated carbocycles. The predicted octanol–water partition coefficient (Wildman–Crippen LogP) is -0.415. The molecule has 3 rings (SSSR count). The number of quaternary nitrogens is 1. The number of benzene rings is 2. The maximum atomic E-state index is 12.8. The van der Waals surface area contributed by atoms with Crippen LogP contribution in [0.3, 0.4) is 0 Å². The third-order valence-electron chi connectivity index (χ3n) is 5.00. The molecule has 0 unspecified atom stereocenters. The Bertz CT molecular complexity index is 923. The van der Waals surface area contributed by atoms with Gasteiger partial charge in [-0.15, -0.1) is 0 Å². The molecule has 0 aliphatic carbocycles. The summed E-state index contributed by atoms with van der Waals surface area (Å²) in [7, 11) is -2.56. The Hall–Kier alpha value is -2.42. The van der Waals surface area contributed by atoms with Gasteiger partial charge >= 0.3 is 0 Å². The van der Waals surface area contributed by atoms with Crippen LogP contribution in [-0.2, 0) is 16.6 Å². The van der Waals surface area contributed by atoms with Gasteiger partial charge in [0.25, 0.3) is 0 Å². The monoisotopic (exact) mass is 404 g/mol. The van der Waals surface area contributed by atoms with E-state index >= 15 is 0 Å². The summed E-state index contributed by atoms with van der Waals surface area (Å²) in [6, 6.07) is 13.7. The first-order valence-corrected chi connectivity index (χ1v) is 10.7. The third kappa shape index (κ3) is 4.89. The van der Waals surface area contributed by atoms with Crippen LogP contribution in [0.2, 0.25) is 0 Å². The van der Waals surface area contributed by atoms with Crippen LogP contribution < -0.4 is 19.5 Å². The van der Waals surface area contributed by atoms with Gasteiger partial charge in [-0.2, -0.15) is 0 Å². The van der Waals surface area contributed by atoms with Gasteiger partial charge in [0.2, 0.25) is 10.0 Å². The zero-order valence-corrected chi connectivity index (χ0v) is 16.5. The number of likely N-dealkylation sites (tertiary alicyclic amines) is 1. The highest BCUT2D eigenvalue weighted by molar-refractivity contribution is 7.89. The van der Waals surface area contributed by atoms with Gasteiger partial charge in [-0.3, -0.25) is 0 Å². The number of piperidine rings is 1. The number of nitrogens with one attached hydrogen (secondary N) is 2. The highest BCUT2D eigenvalue weighted by atomic mass is 32.2. The maximum Gasteiger partial charge on any atom is 0.244 e. The summed E-state index contributed by atoms with van der Waals surface area (Å²) in [6.45, 7) is 2.64. The molecule has 7 nitrogen and oxygen atoms in total. The molecule has 2 aromatic carbocycles. The Labute approximate surface area is 165 Å². The molecule has 8 heteroatoms. The zero-order valence-electron chi connectivity index (χ0n) is 15.7. The quantitative estimate of drug-likeness (QED) is 0.653. The van der Waals surface area contributed by atoms with Crippen LogP contribution in [0.25, 0.3) is 0 Å². The molecule has 0 radical (unpaired) electrons. The molecule has 0 bridgehead atoms. The standard InChI is InChI=1S/C20H24N2O5S/c1-27-18-8-7-16(20(23)24)13-19(18)28(25,26)21-17-9-11-22(12-10-17)14-15-5-3-2-4-6-15/h2-8,13,17,21H,9-12,14H2,1H3,(H,23,24). The summed E-state index contributed by atoms with van der Waals surface area (Å²) in [5, 5.41) is 11.1. The van der Waals surface area contributed by atoms with E-state index in [1.165, 1.54) is 29.7 Å². The minimum atomic E-state index is -3.91. The summed E-state index contributed by atoms with van der Waals surface area (Å²) in [5.41, 5.74) is 1.06. The molecule has 0 amide bonds. The van der Waals surface area contributed by atoms with E-state index in [-0.39, 0.29) is 22.3 Å². The molecule has 1 heterocycles. The molecular formula is C20H24N2O5S. The average molecular weight is 404 g/mol. The van der Waals surface area contributed by atoms with Gasteiger partial charge in [0.15, 0.2) is 0 Å². The highest BCUT2D eigenvalue weighted by Gasteiger charge is 2.28. The van der Waals surface area contributed by atoms with Crippen molar-refractivity contribution in [2.45, 2.75) is 30.3 Å². The van der Waals surface area contributed by atoms with Crippen molar-refractivity contribution in [3.63, 3.8) is 0 Å². The van der Waals surface area contributed by atoms with E-state index in [0.717, 1.165) is 25.7 Å². The number of methoxy groups -OCH3 is 1. The van der Waals surface area contributed by atoms with E-state index in [4.69, 9.17) is 4.74 Å². The molecule has 0 aromatic heterocycles. The van der Waals surface area contributed by atoms with Crippen LogP contribution in [0.1, 0.15) is 28.8 Å². The number of hydrogen-bond acceptors (Lipinski definition) is 5. The Balaban J connectivity index is 1.65. The lowest BCUT2D eigenvalue weighted by Gasteiger charge is -2.29. The van der Waals surface area contributed by atoms with Gasteiger partial charge in [-0.1, -0.05) is 30.3 Å². The first-order valence-electron chi connectivity index (χ1n) is 9.18. The summed E-state index contributed by atoms with van der Waals surface area (Å²) in [6.07, 6.45) is 1.42. The van der Waals surface area contributed by atoms with Crippen molar-refractivity contribution in [3.05, 3.63) is 59.7 Å². The molecule has 2 aromatic rings. The van der Waals surface area contributed by atoms with Gasteiger partial charge in [0, 0.05) is 24.4 Å². The number of sulfonamides is 1. The summed E-state index contributed by atoms with van der Waals surface area (Å²) >= 11 is 0. The summed E-state index contributed by atoms with van der Waals surface area (Å²) in [5.74, 6) is -1.33. The van der Waals surface area contributed by atoms with Crippen LogP contribution in [0, 0.1) is 0 Å². The number of carboxylic acid groups (broad SMARTS) is 1. The lowest BCUT2D eigenvalue weighted by molar-refractivity contribution is -0.918. The fourth-order valence-corrected chi connectivity index (χ4v) is 5.00. The fourth-order valence-electron chi connectivity index (χ4n) is 3.50. The Morgan fingerprint density at radius 3 is 2.46 bits per heavy atom. The molecule has 0 atom stereocenters. The van der Waals surface area contributed by atoms with Gasteiger partial charge < -0.3 is 19.5 Å². The van der Waals surface area contributed by atoms with Crippen molar-refractivity contribution in [3.8, 4) is 5.75 Å². The number of carbonyl (C=O) groups is 1. The van der Waals surface area contributed by atoms with E-state index in [9.17, 15) is 18.3 Å². The van der Waals surface area contributed by atoms with E-state index in [1.807, 2.05) is 18.2 Å². The summed E-state index contributed by atoms with van der Waals surface area (Å²) in [4.78, 5) is 12.3. The minimum Gasteiger partial charge on any atom is -0.545 e. The maximum absolute atomic E-state index is 12.8. The molecule has 1 aliphatic heterocycles. The van der Waals surface area contributed by atoms with Crippen molar-refractivity contribution in [1.29, 1.82) is 0 Å². The molecule has 28 heavy (non-hydrogen) atoms. The first kappa shape index (κ1) is 20.3. The van der Waals surface area contributed by atoms with Gasteiger partial charge in [0.05, 0.1) is 26.2 Å². The summed E-state index contributed by atoms with van der Waals surface area (Å²) < 4.78 is 33.4. The molecule has 1 saturated heterocycles. The topological polar surface area (TPSA) is 100.0 Å². The molecule has 1 fully saturated rings. The van der Waals surface area contributed by atoms with Crippen molar-refractivity contribution in [2.24, 2.45) is 0 Å². The second-order valence-electron chi connectivity index (χ2n) is 6.96. The number of rotatable bonds is 7. The number of ether oxygens (including phenoxy) is 1. The second-order valence-corrected chi connectivity index (χ2v) is 8.64. The van der Waals surface area contributed by atoms with Crippen LogP contribution >= 0.6 is 0 Å². The zero-order chi connectivity index (χ0) is 20.1. The lowest BCUT2D eigenvalue weighted by atomic mass is 10.1. The van der Waals surface area contributed by atoms with Crippen LogP contribution in [0.4, 0.5) is 0 Å². The Kier molecular flexibility index (Phi) is 6.33. The largest absolute Gasteiger partial charge is 0.545 e. The number of carbonyl (C=O) groups excluding carboxylic acids is 1.